The van der Waals surface area contributed by atoms with Gasteiger partial charge in [0.05, 0.1) is 50.5 Å². The number of likely N-dealkylation sites (tertiary alicyclic amines) is 1. The molecule has 54 heavy (non-hydrogen) atoms. The van der Waals surface area contributed by atoms with Crippen LogP contribution in [0.3, 0.4) is 0 Å². The van der Waals surface area contributed by atoms with E-state index in [1.54, 1.807) is 29.3 Å². The van der Waals surface area contributed by atoms with E-state index in [2.05, 4.69) is 26.7 Å². The van der Waals surface area contributed by atoms with Crippen molar-refractivity contribution in [3.05, 3.63) is 83.3 Å². The van der Waals surface area contributed by atoms with Gasteiger partial charge in [-0.3, -0.25) is 9.79 Å². The zero-order valence-electron chi connectivity index (χ0n) is 30.4. The molecular formula is C41H42F2N6O5. The summed E-state index contributed by atoms with van der Waals surface area (Å²) in [6.45, 7) is 5.60. The maximum atomic E-state index is 16.4. The molecule has 5 aliphatic rings. The summed E-state index contributed by atoms with van der Waals surface area (Å²) in [5, 5.41) is 6.18. The Balaban J connectivity index is 0.978. The summed E-state index contributed by atoms with van der Waals surface area (Å²) in [4.78, 5) is 40.5. The smallest absolute Gasteiger partial charge is 0.407 e. The first-order valence-corrected chi connectivity index (χ1v) is 18.6. The molecule has 3 atom stereocenters. The number of aromatic amines is 1. The fraction of sp³-hybridized carbons (Fsp3) is 0.415. The molecule has 5 heterocycles. The third kappa shape index (κ3) is 5.80. The maximum Gasteiger partial charge on any atom is 0.407 e. The number of benzene rings is 3. The number of fused-ring (bicyclic) bond motifs is 4. The standard InChI is InChI=1S/C41H42F2N6O5/c1-22(2)36(48-39(51)52-3)38(50)49-21-40(53-13-14-54-40)19-35(49)37-45-20-34(47-37)25-7-10-28-27-9-6-24(16-29(27)41(42,43)30(28)17-25)23-8-11-31-26(15-23)18-33(46-31)32-5-4-12-44-32/h6-11,15-17,20,22,32,35-36,44H,4-5,12-14,18-19,21H2,1-3H3,(H,45,47)(H,48,51)/t32-,35-,36-/m0/s1. The van der Waals surface area contributed by atoms with Gasteiger partial charge in [0.15, 0.2) is 5.79 Å². The Labute approximate surface area is 311 Å². The molecule has 0 saturated carbocycles. The largest absolute Gasteiger partial charge is 0.453 e. The van der Waals surface area contributed by atoms with Crippen molar-refractivity contribution in [1.29, 1.82) is 0 Å². The second kappa shape index (κ2) is 13.1. The number of H-pyrrole nitrogens is 1. The Morgan fingerprint density at radius 1 is 1.00 bits per heavy atom. The Hall–Kier alpha value is -4.98. The molecular weight excluding hydrogens is 694 g/mol. The van der Waals surface area contributed by atoms with Crippen molar-refractivity contribution in [2.45, 2.75) is 69.4 Å². The number of hydrogen-bond donors (Lipinski definition) is 3. The fourth-order valence-electron chi connectivity index (χ4n) is 8.70. The van der Waals surface area contributed by atoms with Crippen LogP contribution < -0.4 is 10.6 Å². The van der Waals surface area contributed by atoms with Crippen LogP contribution in [0.25, 0.3) is 33.5 Å². The van der Waals surface area contributed by atoms with E-state index in [1.165, 1.54) is 13.2 Å². The average molecular weight is 737 g/mol. The van der Waals surface area contributed by atoms with Crippen molar-refractivity contribution >= 4 is 23.4 Å². The van der Waals surface area contributed by atoms with Gasteiger partial charge in [0.25, 0.3) is 5.92 Å². The van der Waals surface area contributed by atoms with Gasteiger partial charge in [0, 0.05) is 41.3 Å². The number of aliphatic imine (C=N–C) groups is 1. The summed E-state index contributed by atoms with van der Waals surface area (Å²) in [6.07, 6.45) is 4.20. The molecule has 4 aliphatic heterocycles. The van der Waals surface area contributed by atoms with E-state index < -0.39 is 29.9 Å². The van der Waals surface area contributed by atoms with Crippen LogP contribution in [0, 0.1) is 5.92 Å². The molecule has 3 N–H and O–H groups in total. The number of ether oxygens (including phenoxy) is 3. The highest BCUT2D eigenvalue weighted by molar-refractivity contribution is 5.98. The molecule has 280 valence electrons. The number of amides is 2. The highest BCUT2D eigenvalue weighted by Crippen LogP contribution is 2.53. The van der Waals surface area contributed by atoms with Crippen molar-refractivity contribution in [2.75, 3.05) is 33.4 Å². The maximum absolute atomic E-state index is 16.4. The van der Waals surface area contributed by atoms with Crippen LogP contribution in [-0.4, -0.2) is 83.9 Å². The van der Waals surface area contributed by atoms with Gasteiger partial charge in [-0.2, -0.15) is 8.78 Å². The number of alkyl carbamates (subject to hydrolysis) is 1. The molecule has 13 heteroatoms. The molecule has 1 aromatic heterocycles. The Bertz CT molecular complexity index is 2190. The van der Waals surface area contributed by atoms with E-state index in [-0.39, 0.29) is 29.5 Å². The zero-order valence-corrected chi connectivity index (χ0v) is 30.4. The van der Waals surface area contributed by atoms with Gasteiger partial charge in [-0.05, 0) is 77.4 Å². The molecule has 3 saturated heterocycles. The molecule has 0 radical (unpaired) electrons. The van der Waals surface area contributed by atoms with Gasteiger partial charge in [-0.1, -0.05) is 44.2 Å². The Morgan fingerprint density at radius 2 is 1.70 bits per heavy atom. The van der Waals surface area contributed by atoms with Gasteiger partial charge in [0.1, 0.15) is 11.9 Å². The van der Waals surface area contributed by atoms with E-state index in [4.69, 9.17) is 19.2 Å². The van der Waals surface area contributed by atoms with Crippen molar-refractivity contribution < 1.29 is 32.6 Å². The number of nitrogens with one attached hydrogen (secondary N) is 3. The summed E-state index contributed by atoms with van der Waals surface area (Å²) in [5.74, 6) is -4.35. The number of carbonyl (C=O) groups excluding carboxylic acids is 2. The minimum Gasteiger partial charge on any atom is -0.453 e. The summed E-state index contributed by atoms with van der Waals surface area (Å²) < 4.78 is 49.6. The van der Waals surface area contributed by atoms with Gasteiger partial charge in [-0.25, -0.2) is 9.78 Å². The topological polar surface area (TPSA) is 130 Å². The molecule has 3 aromatic carbocycles. The Morgan fingerprint density at radius 3 is 2.41 bits per heavy atom. The molecule has 9 rings (SSSR count). The first-order chi connectivity index (χ1) is 26.0. The molecule has 0 unspecified atom stereocenters. The van der Waals surface area contributed by atoms with Crippen molar-refractivity contribution in [3.8, 4) is 33.5 Å². The Kier molecular flexibility index (Phi) is 8.43. The highest BCUT2D eigenvalue weighted by Gasteiger charge is 2.53. The predicted octanol–water partition coefficient (Wildman–Crippen LogP) is 6.64. The number of methoxy groups -OCH3 is 1. The lowest BCUT2D eigenvalue weighted by Gasteiger charge is -2.30. The van der Waals surface area contributed by atoms with E-state index in [0.717, 1.165) is 53.9 Å². The van der Waals surface area contributed by atoms with E-state index in [9.17, 15) is 9.59 Å². The van der Waals surface area contributed by atoms with Gasteiger partial charge < -0.3 is 34.7 Å². The minimum absolute atomic E-state index is 0.0210. The van der Waals surface area contributed by atoms with Crippen LogP contribution in [-0.2, 0) is 31.3 Å². The van der Waals surface area contributed by atoms with Crippen molar-refractivity contribution in [2.24, 2.45) is 10.9 Å². The molecule has 4 aromatic rings. The zero-order chi connectivity index (χ0) is 37.4. The lowest BCUT2D eigenvalue weighted by atomic mass is 9.96. The van der Waals surface area contributed by atoms with Crippen molar-refractivity contribution in [3.63, 3.8) is 0 Å². The van der Waals surface area contributed by atoms with Crippen LogP contribution in [0.1, 0.15) is 61.7 Å². The second-order valence-electron chi connectivity index (χ2n) is 15.2. The SMILES string of the molecule is COC(=O)N[C@H](C(=O)N1CC2(C[C@H]1c1ncc(-c3ccc4c(c3)C(F)(F)c3cc(-c5ccc6c(c5)CC([C@@H]5CCCN5)=N6)ccc3-4)[nH]1)OCCO2)C(C)C. The molecule has 1 spiro atoms. The number of carbonyl (C=O) groups is 2. The summed E-state index contributed by atoms with van der Waals surface area (Å²) in [6, 6.07) is 15.3. The van der Waals surface area contributed by atoms with Crippen LogP contribution in [0.4, 0.5) is 19.3 Å². The number of aromatic nitrogens is 2. The minimum atomic E-state index is -3.22. The summed E-state index contributed by atoms with van der Waals surface area (Å²) >= 11 is 0. The average Bonchev–Trinajstić information content (AvgIpc) is 4.03. The molecule has 1 aliphatic carbocycles. The molecule has 2 amide bonds. The summed E-state index contributed by atoms with van der Waals surface area (Å²) in [5.41, 5.74) is 6.83. The number of alkyl halides is 2. The van der Waals surface area contributed by atoms with E-state index in [0.29, 0.717) is 53.9 Å². The molecule has 11 nitrogen and oxygen atoms in total. The number of imidazole rings is 1. The third-order valence-corrected chi connectivity index (χ3v) is 11.5. The molecule has 3 fully saturated rings. The monoisotopic (exact) mass is 736 g/mol. The number of hydrogen-bond acceptors (Lipinski definition) is 8. The van der Waals surface area contributed by atoms with Gasteiger partial charge in [0.2, 0.25) is 5.91 Å². The summed E-state index contributed by atoms with van der Waals surface area (Å²) in [7, 11) is 1.24. The van der Waals surface area contributed by atoms with Crippen LogP contribution in [0.2, 0.25) is 0 Å². The van der Waals surface area contributed by atoms with Crippen LogP contribution in [0.15, 0.2) is 65.8 Å². The second-order valence-corrected chi connectivity index (χ2v) is 15.2. The van der Waals surface area contributed by atoms with Gasteiger partial charge >= 0.3 is 6.09 Å². The lowest BCUT2D eigenvalue weighted by molar-refractivity contribution is -0.153. The van der Waals surface area contributed by atoms with Crippen molar-refractivity contribution in [1.82, 2.24) is 25.5 Å². The molecule has 0 bridgehead atoms. The third-order valence-electron chi connectivity index (χ3n) is 11.5. The van der Waals surface area contributed by atoms with Gasteiger partial charge in [-0.15, -0.1) is 0 Å². The first-order valence-electron chi connectivity index (χ1n) is 18.6. The number of nitrogens with zero attached hydrogens (tertiary/aromatic N) is 3. The fourth-order valence-corrected chi connectivity index (χ4v) is 8.70. The first kappa shape index (κ1) is 34.8. The van der Waals surface area contributed by atoms with Crippen LogP contribution >= 0.6 is 0 Å². The number of halogens is 2. The van der Waals surface area contributed by atoms with E-state index in [1.807, 2.05) is 38.1 Å². The van der Waals surface area contributed by atoms with E-state index >= 15 is 8.78 Å². The lowest BCUT2D eigenvalue weighted by Crippen LogP contribution is -2.52. The highest BCUT2D eigenvalue weighted by atomic mass is 19.3. The normalized spacial score (nSPS) is 22.3. The van der Waals surface area contributed by atoms with Crippen LogP contribution in [0.5, 0.6) is 0 Å². The predicted molar refractivity (Wildman–Crippen MR) is 198 cm³/mol. The number of rotatable bonds is 7. The quantitative estimate of drug-likeness (QED) is 0.194.